The van der Waals surface area contributed by atoms with Crippen molar-refractivity contribution < 1.29 is 14.3 Å². The number of hydrogen-bond acceptors (Lipinski definition) is 3. The molecule has 0 aromatic heterocycles. The van der Waals surface area contributed by atoms with Gasteiger partial charge in [0.15, 0.2) is 0 Å². The molecule has 0 heterocycles. The molecular weight excluding hydrogens is 192 g/mol. The van der Waals surface area contributed by atoms with E-state index in [1.807, 2.05) is 0 Å². The first-order chi connectivity index (χ1) is 6.91. The number of rotatable bonds is 7. The van der Waals surface area contributed by atoms with Crippen molar-refractivity contribution in [1.29, 1.82) is 0 Å². The molecule has 3 nitrogen and oxygen atoms in total. The highest BCUT2D eigenvalue weighted by Crippen LogP contribution is 2.11. The number of carbonyl (C=O) groups excluding carboxylic acids is 1. The summed E-state index contributed by atoms with van der Waals surface area (Å²) in [4.78, 5) is 10.8. The fourth-order valence-corrected chi connectivity index (χ4v) is 1.16. The van der Waals surface area contributed by atoms with E-state index in [0.29, 0.717) is 18.4 Å². The van der Waals surface area contributed by atoms with Gasteiger partial charge >= 0.3 is 5.97 Å². The van der Waals surface area contributed by atoms with Crippen molar-refractivity contribution in [1.82, 2.24) is 0 Å². The third-order valence-electron chi connectivity index (χ3n) is 1.96. The van der Waals surface area contributed by atoms with Crippen LogP contribution in [0.3, 0.4) is 0 Å². The molecule has 1 atom stereocenters. The van der Waals surface area contributed by atoms with Crippen molar-refractivity contribution >= 4 is 5.97 Å². The van der Waals surface area contributed by atoms with E-state index in [-0.39, 0.29) is 12.3 Å². The van der Waals surface area contributed by atoms with Gasteiger partial charge in [-0.05, 0) is 18.3 Å². The molecule has 0 radical (unpaired) electrons. The van der Waals surface area contributed by atoms with Crippen molar-refractivity contribution in [2.24, 2.45) is 11.8 Å². The lowest BCUT2D eigenvalue weighted by molar-refractivity contribution is -0.180. The van der Waals surface area contributed by atoms with E-state index < -0.39 is 0 Å². The first-order valence-corrected chi connectivity index (χ1v) is 5.70. The molecule has 0 bridgehead atoms. The smallest absolute Gasteiger partial charge is 0.304 e. The Balaban J connectivity index is 3.84. The number of carbonyl (C=O) groups is 1. The van der Waals surface area contributed by atoms with E-state index in [0.717, 1.165) is 12.8 Å². The number of hydrogen-bond donors (Lipinski definition) is 0. The molecule has 0 rings (SSSR count). The zero-order valence-electron chi connectivity index (χ0n) is 10.6. The van der Waals surface area contributed by atoms with Crippen LogP contribution in [0.25, 0.3) is 0 Å². The predicted octanol–water partition coefficient (Wildman–Crippen LogP) is 2.98. The summed E-state index contributed by atoms with van der Waals surface area (Å²) in [5.41, 5.74) is 0. The Morgan fingerprint density at radius 3 is 2.13 bits per heavy atom. The number of esters is 1. The van der Waals surface area contributed by atoms with Gasteiger partial charge in [0, 0.05) is 13.3 Å². The lowest BCUT2D eigenvalue weighted by atomic mass is 10.1. The Bertz CT molecular complexity index is 176. The second-order valence-electron chi connectivity index (χ2n) is 4.72. The van der Waals surface area contributed by atoms with E-state index in [2.05, 4.69) is 27.7 Å². The normalized spacial score (nSPS) is 13.3. The van der Waals surface area contributed by atoms with E-state index in [1.54, 1.807) is 0 Å². The first-order valence-electron chi connectivity index (χ1n) is 5.70. The Hall–Kier alpha value is -0.570. The van der Waals surface area contributed by atoms with Crippen LogP contribution < -0.4 is 0 Å². The number of ether oxygens (including phenoxy) is 2. The van der Waals surface area contributed by atoms with Crippen LogP contribution in [0.4, 0.5) is 0 Å². The molecule has 0 aliphatic carbocycles. The van der Waals surface area contributed by atoms with Gasteiger partial charge in [-0.25, -0.2) is 0 Å². The standard InChI is InChI=1S/C12H24O3/c1-9(2)6-7-14-12(8-10(3)4)15-11(5)13/h9-10,12H,6-8H2,1-5H3. The van der Waals surface area contributed by atoms with E-state index >= 15 is 0 Å². The second kappa shape index (κ2) is 7.69. The van der Waals surface area contributed by atoms with Gasteiger partial charge in [-0.3, -0.25) is 4.79 Å². The highest BCUT2D eigenvalue weighted by molar-refractivity contribution is 5.66. The Morgan fingerprint density at radius 1 is 1.13 bits per heavy atom. The van der Waals surface area contributed by atoms with Crippen molar-refractivity contribution in [3.05, 3.63) is 0 Å². The lowest BCUT2D eigenvalue weighted by Gasteiger charge is -2.19. The summed E-state index contributed by atoms with van der Waals surface area (Å²) in [5.74, 6) is 0.806. The topological polar surface area (TPSA) is 35.5 Å². The van der Waals surface area contributed by atoms with Gasteiger partial charge in [0.05, 0.1) is 6.61 Å². The summed E-state index contributed by atoms with van der Waals surface area (Å²) in [6, 6.07) is 0. The summed E-state index contributed by atoms with van der Waals surface area (Å²) < 4.78 is 10.6. The molecule has 0 aromatic carbocycles. The van der Waals surface area contributed by atoms with Crippen LogP contribution in [-0.4, -0.2) is 18.9 Å². The molecule has 0 N–H and O–H groups in total. The first kappa shape index (κ1) is 14.4. The van der Waals surface area contributed by atoms with Gasteiger partial charge < -0.3 is 9.47 Å². The molecule has 0 aromatic rings. The monoisotopic (exact) mass is 216 g/mol. The van der Waals surface area contributed by atoms with E-state index in [1.165, 1.54) is 6.92 Å². The Morgan fingerprint density at radius 2 is 1.73 bits per heavy atom. The Kier molecular flexibility index (Phi) is 7.39. The fraction of sp³-hybridized carbons (Fsp3) is 0.917. The molecule has 0 saturated heterocycles. The minimum absolute atomic E-state index is 0.273. The van der Waals surface area contributed by atoms with Gasteiger partial charge in [0.2, 0.25) is 6.29 Å². The highest BCUT2D eigenvalue weighted by atomic mass is 16.7. The molecule has 0 aliphatic heterocycles. The molecule has 1 unspecified atom stereocenters. The summed E-state index contributed by atoms with van der Waals surface area (Å²) in [5, 5.41) is 0. The molecular formula is C12H24O3. The molecule has 0 amide bonds. The maximum atomic E-state index is 10.8. The van der Waals surface area contributed by atoms with E-state index in [9.17, 15) is 4.79 Å². The molecule has 0 fully saturated rings. The van der Waals surface area contributed by atoms with Crippen LogP contribution >= 0.6 is 0 Å². The van der Waals surface area contributed by atoms with E-state index in [4.69, 9.17) is 9.47 Å². The zero-order valence-corrected chi connectivity index (χ0v) is 10.6. The largest absolute Gasteiger partial charge is 0.436 e. The van der Waals surface area contributed by atoms with Crippen molar-refractivity contribution in [2.75, 3.05) is 6.61 Å². The quantitative estimate of drug-likeness (QED) is 0.485. The van der Waals surface area contributed by atoms with Gasteiger partial charge in [0.1, 0.15) is 0 Å². The molecule has 0 spiro atoms. The minimum atomic E-state index is -0.374. The molecule has 90 valence electrons. The van der Waals surface area contributed by atoms with Crippen LogP contribution in [0.15, 0.2) is 0 Å². The fourth-order valence-electron chi connectivity index (χ4n) is 1.16. The van der Waals surface area contributed by atoms with Crippen LogP contribution in [-0.2, 0) is 14.3 Å². The van der Waals surface area contributed by atoms with Crippen molar-refractivity contribution in [2.45, 2.75) is 53.8 Å². The minimum Gasteiger partial charge on any atom is -0.436 e. The SMILES string of the molecule is CC(=O)OC(CC(C)C)OCCC(C)C. The van der Waals surface area contributed by atoms with Crippen molar-refractivity contribution in [3.8, 4) is 0 Å². The maximum absolute atomic E-state index is 10.8. The third-order valence-corrected chi connectivity index (χ3v) is 1.96. The van der Waals surface area contributed by atoms with Crippen LogP contribution in [0, 0.1) is 11.8 Å². The van der Waals surface area contributed by atoms with Crippen LogP contribution in [0.1, 0.15) is 47.5 Å². The van der Waals surface area contributed by atoms with Crippen LogP contribution in [0.2, 0.25) is 0 Å². The summed E-state index contributed by atoms with van der Waals surface area (Å²) in [6.07, 6.45) is 1.38. The van der Waals surface area contributed by atoms with Gasteiger partial charge in [-0.15, -0.1) is 0 Å². The maximum Gasteiger partial charge on any atom is 0.304 e. The summed E-state index contributed by atoms with van der Waals surface area (Å²) in [7, 11) is 0. The molecule has 0 saturated carbocycles. The predicted molar refractivity (Wildman–Crippen MR) is 60.4 cm³/mol. The van der Waals surface area contributed by atoms with Crippen LogP contribution in [0.5, 0.6) is 0 Å². The average molecular weight is 216 g/mol. The van der Waals surface area contributed by atoms with Gasteiger partial charge in [-0.1, -0.05) is 27.7 Å². The second-order valence-corrected chi connectivity index (χ2v) is 4.72. The summed E-state index contributed by atoms with van der Waals surface area (Å²) >= 11 is 0. The van der Waals surface area contributed by atoms with Gasteiger partial charge in [-0.2, -0.15) is 0 Å². The summed E-state index contributed by atoms with van der Waals surface area (Å²) in [6.45, 7) is 10.5. The third kappa shape index (κ3) is 9.73. The molecule has 0 aliphatic rings. The highest BCUT2D eigenvalue weighted by Gasteiger charge is 2.14. The average Bonchev–Trinajstić information content (AvgIpc) is 2.00. The zero-order chi connectivity index (χ0) is 11.8. The molecule has 15 heavy (non-hydrogen) atoms. The van der Waals surface area contributed by atoms with Gasteiger partial charge in [0.25, 0.3) is 0 Å². The lowest BCUT2D eigenvalue weighted by Crippen LogP contribution is -2.22. The van der Waals surface area contributed by atoms with Crippen molar-refractivity contribution in [3.63, 3.8) is 0 Å². The Labute approximate surface area is 93.1 Å². The molecule has 3 heteroatoms.